The molecule has 0 saturated heterocycles. The zero-order valence-electron chi connectivity index (χ0n) is 11.1. The van der Waals surface area contributed by atoms with Crippen LogP contribution in [0.3, 0.4) is 0 Å². The van der Waals surface area contributed by atoms with E-state index in [1.165, 1.54) is 30.5 Å². The average molecular weight is 278 g/mol. The lowest BCUT2D eigenvalue weighted by atomic mass is 10.1. The van der Waals surface area contributed by atoms with E-state index in [9.17, 15) is 9.18 Å². The third-order valence-corrected chi connectivity index (χ3v) is 2.73. The van der Waals surface area contributed by atoms with E-state index in [1.54, 1.807) is 7.11 Å². The Morgan fingerprint density at radius 2 is 2.15 bits per heavy atom. The predicted molar refractivity (Wildman–Crippen MR) is 70.7 cm³/mol. The lowest BCUT2D eigenvalue weighted by Gasteiger charge is -2.04. The van der Waals surface area contributed by atoms with Gasteiger partial charge in [-0.3, -0.25) is 4.79 Å². The van der Waals surface area contributed by atoms with Gasteiger partial charge in [-0.1, -0.05) is 5.16 Å². The van der Waals surface area contributed by atoms with Gasteiger partial charge in [0.25, 0.3) is 5.91 Å². The summed E-state index contributed by atoms with van der Waals surface area (Å²) in [5, 5.41) is 6.38. The summed E-state index contributed by atoms with van der Waals surface area (Å²) in [5.41, 5.74) is 0.931. The largest absolute Gasteiger partial charge is 0.385 e. The average Bonchev–Trinajstić information content (AvgIpc) is 2.93. The van der Waals surface area contributed by atoms with Crippen molar-refractivity contribution >= 4 is 5.91 Å². The standard InChI is InChI=1S/C14H15FN2O3/c1-19-8-2-7-16-14(18)12-9-17-20-13(12)10-3-5-11(15)6-4-10/h3-6,9H,2,7-8H2,1H3,(H,16,18). The normalized spacial score (nSPS) is 10.5. The summed E-state index contributed by atoms with van der Waals surface area (Å²) in [6, 6.07) is 5.69. The topological polar surface area (TPSA) is 64.4 Å². The number of methoxy groups -OCH3 is 1. The van der Waals surface area contributed by atoms with Gasteiger partial charge in [-0.15, -0.1) is 0 Å². The van der Waals surface area contributed by atoms with Crippen LogP contribution >= 0.6 is 0 Å². The van der Waals surface area contributed by atoms with Crippen molar-refractivity contribution in [2.45, 2.75) is 6.42 Å². The molecule has 0 saturated carbocycles. The first-order chi connectivity index (χ1) is 9.72. The Labute approximate surface area is 115 Å². The molecule has 0 unspecified atom stereocenters. The smallest absolute Gasteiger partial charge is 0.256 e. The second-order valence-electron chi connectivity index (χ2n) is 4.18. The molecule has 2 rings (SSSR count). The van der Waals surface area contributed by atoms with Crippen molar-refractivity contribution in [2.24, 2.45) is 0 Å². The summed E-state index contributed by atoms with van der Waals surface area (Å²) < 4.78 is 22.9. The van der Waals surface area contributed by atoms with Crippen LogP contribution in [0.15, 0.2) is 35.0 Å². The molecule has 2 aromatic rings. The molecule has 0 spiro atoms. The highest BCUT2D eigenvalue weighted by Crippen LogP contribution is 2.23. The number of carbonyl (C=O) groups is 1. The lowest BCUT2D eigenvalue weighted by Crippen LogP contribution is -2.25. The quantitative estimate of drug-likeness (QED) is 0.823. The number of benzene rings is 1. The Kier molecular flexibility index (Phi) is 4.84. The zero-order valence-corrected chi connectivity index (χ0v) is 11.1. The van der Waals surface area contributed by atoms with Crippen molar-refractivity contribution in [3.05, 3.63) is 41.8 Å². The van der Waals surface area contributed by atoms with Crippen LogP contribution < -0.4 is 5.32 Å². The van der Waals surface area contributed by atoms with Crippen molar-refractivity contribution in [1.82, 2.24) is 10.5 Å². The molecule has 0 aliphatic heterocycles. The van der Waals surface area contributed by atoms with E-state index in [0.717, 1.165) is 6.42 Å². The summed E-state index contributed by atoms with van der Waals surface area (Å²) in [6.07, 6.45) is 2.07. The molecule has 1 aromatic heterocycles. The minimum Gasteiger partial charge on any atom is -0.385 e. The number of nitrogens with zero attached hydrogens (tertiary/aromatic N) is 1. The van der Waals surface area contributed by atoms with Crippen molar-refractivity contribution in [1.29, 1.82) is 0 Å². The van der Waals surface area contributed by atoms with E-state index in [2.05, 4.69) is 10.5 Å². The molecule has 20 heavy (non-hydrogen) atoms. The summed E-state index contributed by atoms with van der Waals surface area (Å²) in [4.78, 5) is 12.0. The van der Waals surface area contributed by atoms with Crippen molar-refractivity contribution in [3.8, 4) is 11.3 Å². The van der Waals surface area contributed by atoms with Crippen LogP contribution in [-0.2, 0) is 4.74 Å². The molecule has 0 fully saturated rings. The van der Waals surface area contributed by atoms with Gasteiger partial charge in [-0.05, 0) is 30.7 Å². The van der Waals surface area contributed by atoms with Gasteiger partial charge < -0.3 is 14.6 Å². The Balaban J connectivity index is 2.08. The zero-order chi connectivity index (χ0) is 14.4. The minimum atomic E-state index is -0.348. The number of rotatable bonds is 6. The van der Waals surface area contributed by atoms with Crippen LogP contribution in [0.4, 0.5) is 4.39 Å². The fourth-order valence-electron chi connectivity index (χ4n) is 1.72. The molecule has 0 atom stereocenters. The van der Waals surface area contributed by atoms with E-state index in [4.69, 9.17) is 9.26 Å². The highest BCUT2D eigenvalue weighted by molar-refractivity contribution is 5.99. The second kappa shape index (κ2) is 6.81. The van der Waals surface area contributed by atoms with E-state index in [1.807, 2.05) is 0 Å². The Morgan fingerprint density at radius 1 is 1.40 bits per heavy atom. The van der Waals surface area contributed by atoms with Gasteiger partial charge in [0, 0.05) is 25.8 Å². The number of halogens is 1. The SMILES string of the molecule is COCCCNC(=O)c1cnoc1-c1ccc(F)cc1. The number of hydrogen-bond acceptors (Lipinski definition) is 4. The Bertz CT molecular complexity index is 566. The van der Waals surface area contributed by atoms with Crippen molar-refractivity contribution < 1.29 is 18.4 Å². The maximum absolute atomic E-state index is 12.9. The van der Waals surface area contributed by atoms with Crippen LogP contribution in [0.5, 0.6) is 0 Å². The third-order valence-electron chi connectivity index (χ3n) is 2.73. The Morgan fingerprint density at radius 3 is 2.85 bits per heavy atom. The molecule has 1 amide bonds. The van der Waals surface area contributed by atoms with Crippen LogP contribution in [0, 0.1) is 5.82 Å². The molecule has 6 heteroatoms. The number of carbonyl (C=O) groups excluding carboxylic acids is 1. The molecule has 5 nitrogen and oxygen atoms in total. The molecule has 1 N–H and O–H groups in total. The highest BCUT2D eigenvalue weighted by atomic mass is 19.1. The maximum atomic E-state index is 12.9. The minimum absolute atomic E-state index is 0.276. The van der Waals surface area contributed by atoms with Gasteiger partial charge in [-0.25, -0.2) is 4.39 Å². The number of ether oxygens (including phenoxy) is 1. The molecule has 0 aliphatic carbocycles. The molecular formula is C14H15FN2O3. The van der Waals surface area contributed by atoms with Crippen LogP contribution in [0.1, 0.15) is 16.8 Å². The Hall–Kier alpha value is -2.21. The first kappa shape index (κ1) is 14.2. The van der Waals surface area contributed by atoms with Crippen LogP contribution in [0.2, 0.25) is 0 Å². The summed E-state index contributed by atoms with van der Waals surface area (Å²) in [7, 11) is 1.61. The van der Waals surface area contributed by atoms with Gasteiger partial charge in [0.05, 0.1) is 6.20 Å². The van der Waals surface area contributed by atoms with Gasteiger partial charge in [-0.2, -0.15) is 0 Å². The van der Waals surface area contributed by atoms with Gasteiger partial charge in [0.2, 0.25) is 0 Å². The van der Waals surface area contributed by atoms with E-state index in [-0.39, 0.29) is 11.7 Å². The molecule has 0 radical (unpaired) electrons. The molecule has 0 bridgehead atoms. The van der Waals surface area contributed by atoms with Crippen LogP contribution in [-0.4, -0.2) is 31.3 Å². The first-order valence-electron chi connectivity index (χ1n) is 6.20. The fourth-order valence-corrected chi connectivity index (χ4v) is 1.72. The summed E-state index contributed by atoms with van der Waals surface area (Å²) >= 11 is 0. The number of hydrogen-bond donors (Lipinski definition) is 1. The fraction of sp³-hybridized carbons (Fsp3) is 0.286. The maximum Gasteiger partial charge on any atom is 0.256 e. The number of aromatic nitrogens is 1. The highest BCUT2D eigenvalue weighted by Gasteiger charge is 2.17. The van der Waals surface area contributed by atoms with Gasteiger partial charge >= 0.3 is 0 Å². The third kappa shape index (κ3) is 3.42. The van der Waals surface area contributed by atoms with Gasteiger partial charge in [0.1, 0.15) is 11.4 Å². The summed E-state index contributed by atoms with van der Waals surface area (Å²) in [6.45, 7) is 1.08. The predicted octanol–water partition coefficient (Wildman–Crippen LogP) is 2.25. The van der Waals surface area contributed by atoms with Crippen molar-refractivity contribution in [2.75, 3.05) is 20.3 Å². The van der Waals surface area contributed by atoms with E-state index >= 15 is 0 Å². The van der Waals surface area contributed by atoms with Crippen molar-refractivity contribution in [3.63, 3.8) is 0 Å². The second-order valence-corrected chi connectivity index (χ2v) is 4.18. The van der Waals surface area contributed by atoms with Gasteiger partial charge in [0.15, 0.2) is 5.76 Å². The number of amides is 1. The summed E-state index contributed by atoms with van der Waals surface area (Å²) in [5.74, 6) is -0.297. The number of nitrogens with one attached hydrogen (secondary N) is 1. The van der Waals surface area contributed by atoms with E-state index in [0.29, 0.717) is 30.0 Å². The molecule has 1 heterocycles. The van der Waals surface area contributed by atoms with Crippen LogP contribution in [0.25, 0.3) is 11.3 Å². The van der Waals surface area contributed by atoms with E-state index < -0.39 is 0 Å². The molecule has 0 aliphatic rings. The molecular weight excluding hydrogens is 263 g/mol. The molecule has 106 valence electrons. The molecule has 1 aromatic carbocycles. The first-order valence-corrected chi connectivity index (χ1v) is 6.20. The lowest BCUT2D eigenvalue weighted by molar-refractivity contribution is 0.0949. The monoisotopic (exact) mass is 278 g/mol.